The van der Waals surface area contributed by atoms with E-state index in [2.05, 4.69) is 20.8 Å². The predicted octanol–water partition coefficient (Wildman–Crippen LogP) is 4.84. The molecule has 0 radical (unpaired) electrons. The molecule has 0 spiro atoms. The molecule has 0 aliphatic heterocycles. The van der Waals surface area contributed by atoms with E-state index in [4.69, 9.17) is 4.74 Å². The second kappa shape index (κ2) is 5.61. The van der Waals surface area contributed by atoms with Crippen LogP contribution >= 0.6 is 0 Å². The molecule has 2 aromatic carbocycles. The Balaban J connectivity index is 2.24. The number of hydrogen-bond donors (Lipinski definition) is 0. The highest BCUT2D eigenvalue weighted by atomic mass is 19.1. The topological polar surface area (TPSA) is 9.23 Å². The lowest BCUT2D eigenvalue weighted by molar-refractivity contribution is 0.271. The highest BCUT2D eigenvalue weighted by molar-refractivity contribution is 5.33. The van der Waals surface area contributed by atoms with Crippen LogP contribution in [0, 0.1) is 11.6 Å². The van der Waals surface area contributed by atoms with Crippen molar-refractivity contribution >= 4 is 0 Å². The highest BCUT2D eigenvalue weighted by Crippen LogP contribution is 2.28. The molecule has 2 rings (SSSR count). The molecule has 0 fully saturated rings. The van der Waals surface area contributed by atoms with E-state index in [-0.39, 0.29) is 17.8 Å². The maximum absolute atomic E-state index is 13.5. The summed E-state index contributed by atoms with van der Waals surface area (Å²) in [5.74, 6) is -1.69. The molecule has 0 bridgehead atoms. The van der Waals surface area contributed by atoms with Crippen molar-refractivity contribution in [2.75, 3.05) is 0 Å². The molecule has 0 heterocycles. The molecule has 0 saturated heterocycles. The molecular weight excluding hydrogens is 258 g/mol. The maximum Gasteiger partial charge on any atom is 0.191 e. The molecule has 0 aromatic heterocycles. The van der Waals surface area contributed by atoms with Gasteiger partial charge in [-0.05, 0) is 28.7 Å². The number of ether oxygens (including phenoxy) is 1. The Bertz CT molecular complexity index is 580. The van der Waals surface area contributed by atoms with Crippen molar-refractivity contribution < 1.29 is 13.5 Å². The summed E-state index contributed by atoms with van der Waals surface area (Å²) in [5.41, 5.74) is 1.99. The van der Waals surface area contributed by atoms with Gasteiger partial charge in [-0.15, -0.1) is 0 Å². The molecular formula is C17H18F2O. The van der Waals surface area contributed by atoms with Crippen LogP contribution in [0.15, 0.2) is 42.5 Å². The van der Waals surface area contributed by atoms with Crippen LogP contribution in [0.1, 0.15) is 31.9 Å². The van der Waals surface area contributed by atoms with Gasteiger partial charge in [-0.25, -0.2) is 8.78 Å². The predicted molar refractivity (Wildman–Crippen MR) is 75.8 cm³/mol. The summed E-state index contributed by atoms with van der Waals surface area (Å²) < 4.78 is 32.4. The molecule has 3 heteroatoms. The first kappa shape index (κ1) is 14.5. The van der Waals surface area contributed by atoms with E-state index in [1.165, 1.54) is 18.2 Å². The van der Waals surface area contributed by atoms with Gasteiger partial charge in [-0.3, -0.25) is 0 Å². The Hall–Kier alpha value is -1.90. The summed E-state index contributed by atoms with van der Waals surface area (Å²) in [7, 11) is 0. The average molecular weight is 276 g/mol. The van der Waals surface area contributed by atoms with Crippen molar-refractivity contribution in [2.45, 2.75) is 32.8 Å². The molecule has 1 nitrogen and oxygen atoms in total. The summed E-state index contributed by atoms with van der Waals surface area (Å²) in [4.78, 5) is 0. The van der Waals surface area contributed by atoms with Crippen LogP contribution in [0.5, 0.6) is 5.75 Å². The minimum Gasteiger partial charge on any atom is -0.483 e. The van der Waals surface area contributed by atoms with E-state index in [1.54, 1.807) is 0 Å². The van der Waals surface area contributed by atoms with Crippen LogP contribution in [-0.4, -0.2) is 0 Å². The molecule has 2 aromatic rings. The average Bonchev–Trinajstić information content (AvgIpc) is 2.37. The van der Waals surface area contributed by atoms with Crippen molar-refractivity contribution in [3.63, 3.8) is 0 Å². The van der Waals surface area contributed by atoms with Gasteiger partial charge in [0.15, 0.2) is 17.4 Å². The minimum absolute atomic E-state index is 0.0479. The molecule has 106 valence electrons. The SMILES string of the molecule is CC(C)(C)c1ccccc1COc1c(F)cccc1F. The Kier molecular flexibility index (Phi) is 4.07. The molecule has 0 amide bonds. The van der Waals surface area contributed by atoms with Crippen LogP contribution in [-0.2, 0) is 12.0 Å². The third-order valence-corrected chi connectivity index (χ3v) is 3.12. The standard InChI is InChI=1S/C17H18F2O/c1-17(2,3)13-8-5-4-7-12(13)11-20-16-14(18)9-6-10-15(16)19/h4-10H,11H2,1-3H3. The lowest BCUT2D eigenvalue weighted by Gasteiger charge is -2.23. The van der Waals surface area contributed by atoms with Gasteiger partial charge in [0, 0.05) is 0 Å². The third kappa shape index (κ3) is 3.16. The monoisotopic (exact) mass is 276 g/mol. The first-order valence-corrected chi connectivity index (χ1v) is 6.55. The molecule has 20 heavy (non-hydrogen) atoms. The molecule has 0 aliphatic carbocycles. The summed E-state index contributed by atoms with van der Waals surface area (Å²) >= 11 is 0. The van der Waals surface area contributed by atoms with E-state index < -0.39 is 11.6 Å². The van der Waals surface area contributed by atoms with Crippen LogP contribution in [0.2, 0.25) is 0 Å². The van der Waals surface area contributed by atoms with Crippen LogP contribution in [0.3, 0.4) is 0 Å². The van der Waals surface area contributed by atoms with E-state index in [1.807, 2.05) is 24.3 Å². The van der Waals surface area contributed by atoms with Gasteiger partial charge in [0.25, 0.3) is 0 Å². The van der Waals surface area contributed by atoms with E-state index in [0.29, 0.717) is 0 Å². The van der Waals surface area contributed by atoms with E-state index >= 15 is 0 Å². The molecule has 0 aliphatic rings. The Morgan fingerprint density at radius 1 is 0.900 bits per heavy atom. The molecule has 0 unspecified atom stereocenters. The first-order valence-electron chi connectivity index (χ1n) is 6.55. The Morgan fingerprint density at radius 2 is 1.50 bits per heavy atom. The first-order chi connectivity index (χ1) is 9.39. The molecule has 0 atom stereocenters. The number of halogens is 2. The lowest BCUT2D eigenvalue weighted by Crippen LogP contribution is -2.15. The normalized spacial score (nSPS) is 11.4. The van der Waals surface area contributed by atoms with Crippen LogP contribution < -0.4 is 4.74 Å². The van der Waals surface area contributed by atoms with Gasteiger partial charge in [0.2, 0.25) is 0 Å². The lowest BCUT2D eigenvalue weighted by atomic mass is 9.84. The Morgan fingerprint density at radius 3 is 2.10 bits per heavy atom. The summed E-state index contributed by atoms with van der Waals surface area (Å²) in [6.07, 6.45) is 0. The van der Waals surface area contributed by atoms with Crippen molar-refractivity contribution in [1.82, 2.24) is 0 Å². The summed E-state index contributed by atoms with van der Waals surface area (Å²) in [6.45, 7) is 6.42. The number of benzene rings is 2. The van der Waals surface area contributed by atoms with Gasteiger partial charge in [0.1, 0.15) is 6.61 Å². The van der Waals surface area contributed by atoms with Crippen molar-refractivity contribution in [3.05, 3.63) is 65.2 Å². The minimum atomic E-state index is -0.682. The summed E-state index contributed by atoms with van der Waals surface area (Å²) in [5, 5.41) is 0. The fourth-order valence-corrected chi connectivity index (χ4v) is 2.15. The fraction of sp³-hybridized carbons (Fsp3) is 0.294. The van der Waals surface area contributed by atoms with Crippen LogP contribution in [0.4, 0.5) is 8.78 Å². The van der Waals surface area contributed by atoms with Crippen molar-refractivity contribution in [3.8, 4) is 5.75 Å². The van der Waals surface area contributed by atoms with Gasteiger partial charge in [-0.1, -0.05) is 51.1 Å². The Labute approximate surface area is 118 Å². The maximum atomic E-state index is 13.5. The smallest absolute Gasteiger partial charge is 0.191 e. The van der Waals surface area contributed by atoms with Crippen LogP contribution in [0.25, 0.3) is 0 Å². The van der Waals surface area contributed by atoms with Gasteiger partial charge in [-0.2, -0.15) is 0 Å². The van der Waals surface area contributed by atoms with Gasteiger partial charge in [0.05, 0.1) is 0 Å². The number of rotatable bonds is 3. The zero-order valence-electron chi connectivity index (χ0n) is 11.9. The van der Waals surface area contributed by atoms with Gasteiger partial charge >= 0.3 is 0 Å². The number of para-hydroxylation sites is 1. The van der Waals surface area contributed by atoms with Crippen molar-refractivity contribution in [1.29, 1.82) is 0 Å². The van der Waals surface area contributed by atoms with E-state index in [9.17, 15) is 8.78 Å². The van der Waals surface area contributed by atoms with Crippen molar-refractivity contribution in [2.24, 2.45) is 0 Å². The zero-order chi connectivity index (χ0) is 14.8. The third-order valence-electron chi connectivity index (χ3n) is 3.12. The number of hydrogen-bond acceptors (Lipinski definition) is 1. The molecule has 0 N–H and O–H groups in total. The summed E-state index contributed by atoms with van der Waals surface area (Å²) in [6, 6.07) is 11.5. The zero-order valence-corrected chi connectivity index (χ0v) is 11.9. The second-order valence-electron chi connectivity index (χ2n) is 5.75. The highest BCUT2D eigenvalue weighted by Gasteiger charge is 2.18. The fourth-order valence-electron chi connectivity index (χ4n) is 2.15. The quantitative estimate of drug-likeness (QED) is 0.779. The van der Waals surface area contributed by atoms with Gasteiger partial charge < -0.3 is 4.74 Å². The van der Waals surface area contributed by atoms with E-state index in [0.717, 1.165) is 11.1 Å². The second-order valence-corrected chi connectivity index (χ2v) is 5.75. The molecule has 0 saturated carbocycles. The largest absolute Gasteiger partial charge is 0.483 e.